The molecular weight excluding hydrogens is 340 g/mol. The number of carbonyl (C=O) groups is 1. The molecule has 2 N–H and O–H groups in total. The second-order valence-electron chi connectivity index (χ2n) is 6.69. The van der Waals surface area contributed by atoms with Gasteiger partial charge in [-0.15, -0.1) is 0 Å². The molecule has 2 heterocycles. The maximum Gasteiger partial charge on any atom is 0.328 e. The maximum absolute atomic E-state index is 11.0. The normalized spacial score (nSPS) is 14.3. The van der Waals surface area contributed by atoms with Crippen LogP contribution in [0.4, 0.5) is 0 Å². The molecule has 3 aromatic rings. The van der Waals surface area contributed by atoms with Gasteiger partial charge in [0, 0.05) is 43.3 Å². The predicted octanol–water partition coefficient (Wildman–Crippen LogP) is 3.56. The molecule has 0 saturated carbocycles. The van der Waals surface area contributed by atoms with Crippen molar-refractivity contribution in [3.05, 3.63) is 59.8 Å². The molecule has 138 valence electrons. The third-order valence-corrected chi connectivity index (χ3v) is 5.04. The summed E-state index contributed by atoms with van der Waals surface area (Å²) in [6.07, 6.45) is 3.80. The molecule has 1 aliphatic rings. The summed E-state index contributed by atoms with van der Waals surface area (Å²) in [5.41, 5.74) is 5.44. The van der Waals surface area contributed by atoms with Crippen LogP contribution in [0.15, 0.2) is 48.5 Å². The van der Waals surface area contributed by atoms with Crippen LogP contribution < -0.4 is 10.1 Å². The first-order valence-corrected chi connectivity index (χ1v) is 9.08. The van der Waals surface area contributed by atoms with E-state index in [2.05, 4.69) is 34.1 Å². The van der Waals surface area contributed by atoms with E-state index < -0.39 is 5.97 Å². The molecule has 2 aromatic carbocycles. The minimum atomic E-state index is -0.969. The van der Waals surface area contributed by atoms with E-state index >= 15 is 0 Å². The molecule has 0 atom stereocenters. The number of fused-ring (bicyclic) bond motifs is 3. The molecular formula is C22H22N2O3. The molecule has 1 aromatic heterocycles. The standard InChI is InChI=1S/C22H22N2O3/c1-27-19-5-6-20(15(13-19)4-7-22(25)26)16-2-3-17-12-18-8-9-23-10-11-24(18)21(17)14-16/h2-7,12-14,23H,8-11H2,1H3,(H,25,26)/b7-4-. The number of hydrogen-bond acceptors (Lipinski definition) is 3. The van der Waals surface area contributed by atoms with E-state index in [1.54, 1.807) is 13.2 Å². The van der Waals surface area contributed by atoms with E-state index in [0.29, 0.717) is 5.75 Å². The number of carboxylic acid groups (broad SMARTS) is 1. The third-order valence-electron chi connectivity index (χ3n) is 5.04. The van der Waals surface area contributed by atoms with Crippen LogP contribution in [0.2, 0.25) is 0 Å². The molecule has 0 spiro atoms. The highest BCUT2D eigenvalue weighted by Crippen LogP contribution is 2.32. The van der Waals surface area contributed by atoms with Gasteiger partial charge in [0.05, 0.1) is 7.11 Å². The van der Waals surface area contributed by atoms with E-state index in [-0.39, 0.29) is 0 Å². The molecule has 0 saturated heterocycles. The van der Waals surface area contributed by atoms with E-state index in [1.165, 1.54) is 16.6 Å². The molecule has 0 unspecified atom stereocenters. The molecule has 5 nitrogen and oxygen atoms in total. The first kappa shape index (κ1) is 17.4. The van der Waals surface area contributed by atoms with Gasteiger partial charge in [0.15, 0.2) is 0 Å². The summed E-state index contributed by atoms with van der Waals surface area (Å²) in [6.45, 7) is 2.93. The fourth-order valence-electron chi connectivity index (χ4n) is 3.71. The van der Waals surface area contributed by atoms with Crippen molar-refractivity contribution in [2.45, 2.75) is 13.0 Å². The zero-order valence-corrected chi connectivity index (χ0v) is 15.2. The maximum atomic E-state index is 11.0. The average Bonchev–Trinajstić information content (AvgIpc) is 2.85. The molecule has 1 aliphatic heterocycles. The lowest BCUT2D eigenvalue weighted by Crippen LogP contribution is -2.17. The van der Waals surface area contributed by atoms with Gasteiger partial charge in [-0.25, -0.2) is 4.79 Å². The second kappa shape index (κ2) is 7.29. The summed E-state index contributed by atoms with van der Waals surface area (Å²) in [7, 11) is 1.61. The van der Waals surface area contributed by atoms with Crippen molar-refractivity contribution in [3.63, 3.8) is 0 Å². The quantitative estimate of drug-likeness (QED) is 0.697. The molecule has 5 heteroatoms. The fourth-order valence-corrected chi connectivity index (χ4v) is 3.71. The summed E-state index contributed by atoms with van der Waals surface area (Å²) in [6, 6.07) is 14.5. The van der Waals surface area contributed by atoms with E-state index in [1.807, 2.05) is 18.2 Å². The lowest BCUT2D eigenvalue weighted by Gasteiger charge is -2.11. The summed E-state index contributed by atoms with van der Waals surface area (Å²) in [4.78, 5) is 11.0. The number of benzene rings is 2. The van der Waals surface area contributed by atoms with E-state index in [0.717, 1.165) is 48.8 Å². The van der Waals surface area contributed by atoms with Gasteiger partial charge in [-0.1, -0.05) is 18.2 Å². The van der Waals surface area contributed by atoms with Crippen molar-refractivity contribution in [1.29, 1.82) is 0 Å². The number of carboxylic acids is 1. The lowest BCUT2D eigenvalue weighted by molar-refractivity contribution is -0.131. The summed E-state index contributed by atoms with van der Waals surface area (Å²) in [5.74, 6) is -0.267. The topological polar surface area (TPSA) is 63.5 Å². The van der Waals surface area contributed by atoms with Gasteiger partial charge < -0.3 is 19.7 Å². The highest BCUT2D eigenvalue weighted by atomic mass is 16.5. The SMILES string of the molecule is COc1ccc(-c2ccc3cc4n(c3c2)CCNCC4)c(/C=C\C(=O)O)c1. The number of hydrogen-bond donors (Lipinski definition) is 2. The average molecular weight is 362 g/mol. The Morgan fingerprint density at radius 1 is 1.19 bits per heavy atom. The molecule has 0 radical (unpaired) electrons. The second-order valence-corrected chi connectivity index (χ2v) is 6.69. The Balaban J connectivity index is 1.84. The monoisotopic (exact) mass is 362 g/mol. The molecule has 0 aliphatic carbocycles. The van der Waals surface area contributed by atoms with Crippen molar-refractivity contribution in [2.75, 3.05) is 20.2 Å². The lowest BCUT2D eigenvalue weighted by atomic mass is 9.98. The molecule has 0 fully saturated rings. The van der Waals surface area contributed by atoms with Crippen molar-refractivity contribution < 1.29 is 14.6 Å². The fraction of sp³-hybridized carbons (Fsp3) is 0.227. The minimum absolute atomic E-state index is 0.701. The zero-order chi connectivity index (χ0) is 18.8. The number of aliphatic carboxylic acids is 1. The Kier molecular flexibility index (Phi) is 4.69. The molecule has 0 bridgehead atoms. The van der Waals surface area contributed by atoms with Gasteiger partial charge in [-0.3, -0.25) is 0 Å². The highest BCUT2D eigenvalue weighted by Gasteiger charge is 2.13. The molecule has 27 heavy (non-hydrogen) atoms. The molecule has 4 rings (SSSR count). The first-order chi connectivity index (χ1) is 13.2. The van der Waals surface area contributed by atoms with Gasteiger partial charge in [0.1, 0.15) is 5.75 Å². The van der Waals surface area contributed by atoms with Crippen LogP contribution in [0.25, 0.3) is 28.1 Å². The predicted molar refractivity (Wildman–Crippen MR) is 107 cm³/mol. The highest BCUT2D eigenvalue weighted by molar-refractivity contribution is 5.91. The number of rotatable bonds is 4. The Hall–Kier alpha value is -3.05. The van der Waals surface area contributed by atoms with Crippen molar-refractivity contribution in [2.24, 2.45) is 0 Å². The van der Waals surface area contributed by atoms with Crippen LogP contribution >= 0.6 is 0 Å². The zero-order valence-electron chi connectivity index (χ0n) is 15.2. The van der Waals surface area contributed by atoms with E-state index in [9.17, 15) is 4.79 Å². The van der Waals surface area contributed by atoms with Gasteiger partial charge in [0.2, 0.25) is 0 Å². The Morgan fingerprint density at radius 3 is 2.89 bits per heavy atom. The van der Waals surface area contributed by atoms with Crippen molar-refractivity contribution in [3.8, 4) is 16.9 Å². The van der Waals surface area contributed by atoms with Crippen molar-refractivity contribution in [1.82, 2.24) is 9.88 Å². The summed E-state index contributed by atoms with van der Waals surface area (Å²) >= 11 is 0. The van der Waals surface area contributed by atoms with Crippen LogP contribution in [0.3, 0.4) is 0 Å². The van der Waals surface area contributed by atoms with Gasteiger partial charge in [-0.05, 0) is 52.4 Å². The Morgan fingerprint density at radius 2 is 2.07 bits per heavy atom. The minimum Gasteiger partial charge on any atom is -0.497 e. The number of ether oxygens (including phenoxy) is 1. The van der Waals surface area contributed by atoms with Gasteiger partial charge >= 0.3 is 5.97 Å². The summed E-state index contributed by atoms with van der Waals surface area (Å²) < 4.78 is 7.69. The Labute approximate surface area is 157 Å². The van der Waals surface area contributed by atoms with Crippen LogP contribution in [-0.2, 0) is 17.8 Å². The number of nitrogens with zero attached hydrogens (tertiary/aromatic N) is 1. The largest absolute Gasteiger partial charge is 0.497 e. The van der Waals surface area contributed by atoms with Gasteiger partial charge in [0.25, 0.3) is 0 Å². The van der Waals surface area contributed by atoms with Gasteiger partial charge in [-0.2, -0.15) is 0 Å². The number of methoxy groups -OCH3 is 1. The smallest absolute Gasteiger partial charge is 0.328 e. The van der Waals surface area contributed by atoms with Crippen LogP contribution in [0.1, 0.15) is 11.3 Å². The first-order valence-electron chi connectivity index (χ1n) is 9.08. The van der Waals surface area contributed by atoms with Crippen LogP contribution in [-0.4, -0.2) is 35.8 Å². The third kappa shape index (κ3) is 3.46. The van der Waals surface area contributed by atoms with Crippen LogP contribution in [0.5, 0.6) is 5.75 Å². The Bertz CT molecular complexity index is 1030. The van der Waals surface area contributed by atoms with Crippen molar-refractivity contribution >= 4 is 22.9 Å². The summed E-state index contributed by atoms with van der Waals surface area (Å²) in [5, 5.41) is 13.7. The number of aromatic nitrogens is 1. The number of nitrogens with one attached hydrogen (secondary N) is 1. The van der Waals surface area contributed by atoms with Crippen LogP contribution in [0, 0.1) is 0 Å². The molecule has 0 amide bonds. The van der Waals surface area contributed by atoms with E-state index in [4.69, 9.17) is 9.84 Å².